The van der Waals surface area contributed by atoms with Crippen LogP contribution in [0, 0.1) is 12.7 Å². The van der Waals surface area contributed by atoms with Crippen molar-refractivity contribution in [1.29, 1.82) is 0 Å². The maximum absolute atomic E-state index is 13.0. The van der Waals surface area contributed by atoms with E-state index in [0.717, 1.165) is 0 Å². The minimum atomic E-state index is -0.412. The molecule has 0 fully saturated rings. The molecule has 0 atom stereocenters. The Morgan fingerprint density at radius 2 is 2.00 bits per heavy atom. The first kappa shape index (κ1) is 17.4. The molecule has 9 heteroatoms. The van der Waals surface area contributed by atoms with E-state index in [-0.39, 0.29) is 37.8 Å². The smallest absolute Gasteiger partial charge is 0.315 e. The van der Waals surface area contributed by atoms with Gasteiger partial charge in [-0.2, -0.15) is 4.98 Å². The molecule has 8 nitrogen and oxygen atoms in total. The van der Waals surface area contributed by atoms with Crippen molar-refractivity contribution in [2.24, 2.45) is 0 Å². The van der Waals surface area contributed by atoms with E-state index < -0.39 is 6.03 Å². The van der Waals surface area contributed by atoms with Gasteiger partial charge in [0.2, 0.25) is 11.8 Å². The third-order valence-corrected chi connectivity index (χ3v) is 2.96. The minimum absolute atomic E-state index is 0.0838. The molecular weight excluding hydrogens is 317 g/mol. The van der Waals surface area contributed by atoms with E-state index in [1.165, 1.54) is 12.1 Å². The van der Waals surface area contributed by atoms with Gasteiger partial charge in [0, 0.05) is 13.1 Å². The SMILES string of the molecule is Cc1noc(CNC(=O)NCCNC(=O)Cc2cccc(F)c2)n1. The van der Waals surface area contributed by atoms with Crippen LogP contribution in [-0.4, -0.2) is 35.2 Å². The predicted octanol–water partition coefficient (Wildman–Crippen LogP) is 0.675. The molecule has 0 bridgehead atoms. The lowest BCUT2D eigenvalue weighted by Gasteiger charge is -2.07. The Bertz CT molecular complexity index is 704. The number of carbonyl (C=O) groups excluding carboxylic acids is 2. The Morgan fingerprint density at radius 1 is 1.21 bits per heavy atom. The van der Waals surface area contributed by atoms with Gasteiger partial charge in [-0.05, 0) is 24.6 Å². The van der Waals surface area contributed by atoms with Crippen molar-refractivity contribution in [1.82, 2.24) is 26.1 Å². The number of hydrogen-bond acceptors (Lipinski definition) is 5. The van der Waals surface area contributed by atoms with E-state index >= 15 is 0 Å². The molecule has 0 saturated carbocycles. The summed E-state index contributed by atoms with van der Waals surface area (Å²) < 4.78 is 17.9. The molecule has 24 heavy (non-hydrogen) atoms. The van der Waals surface area contributed by atoms with Crippen LogP contribution in [0.15, 0.2) is 28.8 Å². The monoisotopic (exact) mass is 335 g/mol. The zero-order valence-corrected chi connectivity index (χ0v) is 13.1. The summed E-state index contributed by atoms with van der Waals surface area (Å²) in [5.74, 6) is 0.179. The highest BCUT2D eigenvalue weighted by atomic mass is 19.1. The van der Waals surface area contributed by atoms with Crippen molar-refractivity contribution in [2.75, 3.05) is 13.1 Å². The zero-order chi connectivity index (χ0) is 17.4. The number of carbonyl (C=O) groups is 2. The molecule has 1 aromatic carbocycles. The van der Waals surface area contributed by atoms with Crippen LogP contribution in [-0.2, 0) is 17.8 Å². The van der Waals surface area contributed by atoms with Gasteiger partial charge < -0.3 is 20.5 Å². The first-order valence-electron chi connectivity index (χ1n) is 7.35. The van der Waals surface area contributed by atoms with Gasteiger partial charge in [-0.15, -0.1) is 0 Å². The number of halogens is 1. The van der Waals surface area contributed by atoms with Gasteiger partial charge in [-0.1, -0.05) is 17.3 Å². The molecule has 0 spiro atoms. The molecule has 2 rings (SSSR count). The fourth-order valence-corrected chi connectivity index (χ4v) is 1.90. The molecule has 0 unspecified atom stereocenters. The van der Waals surface area contributed by atoms with Crippen molar-refractivity contribution >= 4 is 11.9 Å². The van der Waals surface area contributed by atoms with E-state index in [2.05, 4.69) is 26.1 Å². The normalized spacial score (nSPS) is 10.2. The molecule has 0 aliphatic heterocycles. The van der Waals surface area contributed by atoms with Crippen LogP contribution in [0.5, 0.6) is 0 Å². The Kier molecular flexibility index (Phi) is 6.23. The maximum atomic E-state index is 13.0. The number of urea groups is 1. The predicted molar refractivity (Wildman–Crippen MR) is 82.4 cm³/mol. The maximum Gasteiger partial charge on any atom is 0.315 e. The molecule has 3 N–H and O–H groups in total. The quantitative estimate of drug-likeness (QED) is 0.645. The van der Waals surface area contributed by atoms with Gasteiger partial charge in [0.15, 0.2) is 5.82 Å². The third kappa shape index (κ3) is 6.03. The summed E-state index contributed by atoms with van der Waals surface area (Å²) in [6, 6.07) is 5.44. The highest BCUT2D eigenvalue weighted by molar-refractivity contribution is 5.78. The fourth-order valence-electron chi connectivity index (χ4n) is 1.90. The topological polar surface area (TPSA) is 109 Å². The van der Waals surface area contributed by atoms with Crippen molar-refractivity contribution in [2.45, 2.75) is 19.9 Å². The second kappa shape index (κ2) is 8.61. The lowest BCUT2D eigenvalue weighted by molar-refractivity contribution is -0.120. The number of nitrogens with one attached hydrogen (secondary N) is 3. The first-order chi connectivity index (χ1) is 11.5. The Morgan fingerprint density at radius 3 is 2.71 bits per heavy atom. The van der Waals surface area contributed by atoms with Crippen molar-refractivity contribution in [3.05, 3.63) is 47.4 Å². The summed E-state index contributed by atoms with van der Waals surface area (Å²) >= 11 is 0. The number of aromatic nitrogens is 2. The van der Waals surface area contributed by atoms with Gasteiger partial charge in [0.05, 0.1) is 13.0 Å². The summed E-state index contributed by atoms with van der Waals surface area (Å²) in [5.41, 5.74) is 0.591. The molecule has 1 aromatic heterocycles. The standard InChI is InChI=1S/C15H18FN5O3/c1-10-20-14(24-21-10)9-19-15(23)18-6-5-17-13(22)8-11-3-2-4-12(16)7-11/h2-4,7H,5-6,8-9H2,1H3,(H,17,22)(H2,18,19,23). The molecule has 128 valence electrons. The van der Waals surface area contributed by atoms with E-state index in [0.29, 0.717) is 17.3 Å². The molecular formula is C15H18FN5O3. The molecule has 2 aromatic rings. The fraction of sp³-hybridized carbons (Fsp3) is 0.333. The van der Waals surface area contributed by atoms with Crippen molar-refractivity contribution < 1.29 is 18.5 Å². The Balaban J connectivity index is 1.58. The van der Waals surface area contributed by atoms with Crippen LogP contribution in [0.2, 0.25) is 0 Å². The van der Waals surface area contributed by atoms with Gasteiger partial charge in [0.25, 0.3) is 0 Å². The van der Waals surface area contributed by atoms with Crippen LogP contribution in [0.4, 0.5) is 9.18 Å². The summed E-state index contributed by atoms with van der Waals surface area (Å²) in [6.45, 7) is 2.32. The highest BCUT2D eigenvalue weighted by Gasteiger charge is 2.06. The van der Waals surface area contributed by atoms with E-state index in [9.17, 15) is 14.0 Å². The van der Waals surface area contributed by atoms with E-state index in [4.69, 9.17) is 4.52 Å². The molecule has 0 aliphatic carbocycles. The van der Waals surface area contributed by atoms with Gasteiger partial charge in [0.1, 0.15) is 5.82 Å². The van der Waals surface area contributed by atoms with Crippen LogP contribution < -0.4 is 16.0 Å². The molecule has 0 aliphatic rings. The van der Waals surface area contributed by atoms with Crippen LogP contribution in [0.3, 0.4) is 0 Å². The average Bonchev–Trinajstić information content (AvgIpc) is 2.95. The van der Waals surface area contributed by atoms with E-state index in [1.54, 1.807) is 19.1 Å². The van der Waals surface area contributed by atoms with Crippen LogP contribution in [0.25, 0.3) is 0 Å². The molecule has 1 heterocycles. The van der Waals surface area contributed by atoms with Gasteiger partial charge >= 0.3 is 6.03 Å². The lowest BCUT2D eigenvalue weighted by atomic mass is 10.1. The van der Waals surface area contributed by atoms with Gasteiger partial charge in [-0.25, -0.2) is 9.18 Å². The zero-order valence-electron chi connectivity index (χ0n) is 13.1. The molecule has 0 saturated heterocycles. The third-order valence-electron chi connectivity index (χ3n) is 2.96. The minimum Gasteiger partial charge on any atom is -0.354 e. The van der Waals surface area contributed by atoms with E-state index in [1.807, 2.05) is 0 Å². The summed E-state index contributed by atoms with van der Waals surface area (Å²) in [7, 11) is 0. The van der Waals surface area contributed by atoms with Gasteiger partial charge in [-0.3, -0.25) is 4.79 Å². The second-order valence-corrected chi connectivity index (χ2v) is 5.00. The number of hydrogen-bond donors (Lipinski definition) is 3. The Labute approximate surface area is 137 Å². The highest BCUT2D eigenvalue weighted by Crippen LogP contribution is 2.03. The Hall–Kier alpha value is -2.97. The average molecular weight is 335 g/mol. The molecule has 3 amide bonds. The number of rotatable bonds is 7. The van der Waals surface area contributed by atoms with Crippen LogP contribution in [0.1, 0.15) is 17.3 Å². The summed E-state index contributed by atoms with van der Waals surface area (Å²) in [5, 5.41) is 11.4. The van der Waals surface area contributed by atoms with Crippen molar-refractivity contribution in [3.8, 4) is 0 Å². The van der Waals surface area contributed by atoms with Crippen molar-refractivity contribution in [3.63, 3.8) is 0 Å². The number of nitrogens with zero attached hydrogens (tertiary/aromatic N) is 2. The first-order valence-corrected chi connectivity index (χ1v) is 7.35. The second-order valence-electron chi connectivity index (χ2n) is 5.00. The largest absolute Gasteiger partial charge is 0.354 e. The summed E-state index contributed by atoms with van der Waals surface area (Å²) in [6.07, 6.45) is 0.0838. The number of benzene rings is 1. The summed E-state index contributed by atoms with van der Waals surface area (Å²) in [4.78, 5) is 27.2. The number of aryl methyl sites for hydroxylation is 1. The molecule has 0 radical (unpaired) electrons. The number of amides is 3. The van der Waals surface area contributed by atoms with Crippen LogP contribution >= 0.6 is 0 Å². The lowest BCUT2D eigenvalue weighted by Crippen LogP contribution is -2.40.